The largest absolute Gasteiger partial charge is 0.368 e. The highest BCUT2D eigenvalue weighted by Gasteiger charge is 2.22. The highest BCUT2D eigenvalue weighted by molar-refractivity contribution is 5.77. The van der Waals surface area contributed by atoms with Crippen molar-refractivity contribution in [2.45, 2.75) is 39.2 Å². The molecule has 1 amide bonds. The molecule has 0 aromatic heterocycles. The molecule has 1 fully saturated rings. The quantitative estimate of drug-likeness (QED) is 0.903. The number of amides is 1. The van der Waals surface area contributed by atoms with Gasteiger partial charge in [0.25, 0.3) is 0 Å². The van der Waals surface area contributed by atoms with Crippen LogP contribution in [0.15, 0.2) is 24.3 Å². The lowest BCUT2D eigenvalue weighted by Crippen LogP contribution is -2.49. The molecule has 2 N–H and O–H groups in total. The molecule has 0 spiro atoms. The van der Waals surface area contributed by atoms with Gasteiger partial charge in [0.2, 0.25) is 5.91 Å². The molecule has 1 atom stereocenters. The number of piperazine rings is 1. The third-order valence-corrected chi connectivity index (χ3v) is 4.10. The van der Waals surface area contributed by atoms with Crippen molar-refractivity contribution in [2.75, 3.05) is 31.1 Å². The maximum Gasteiger partial charge on any atom is 0.224 e. The van der Waals surface area contributed by atoms with Crippen LogP contribution in [0.25, 0.3) is 0 Å². The third kappa shape index (κ3) is 4.46. The first kappa shape index (κ1) is 15.8. The molecule has 0 aliphatic carbocycles. The van der Waals surface area contributed by atoms with Gasteiger partial charge in [0.15, 0.2) is 0 Å². The number of nitrogens with two attached hydrogens (primary N) is 1. The highest BCUT2D eigenvalue weighted by atomic mass is 16.2. The minimum absolute atomic E-state index is 0.0114. The normalized spacial score (nSPS) is 16.9. The maximum absolute atomic E-state index is 12.2. The molecule has 4 nitrogen and oxygen atoms in total. The first-order valence-corrected chi connectivity index (χ1v) is 7.95. The molecule has 4 heteroatoms. The summed E-state index contributed by atoms with van der Waals surface area (Å²) < 4.78 is 0. The molecule has 1 heterocycles. The Labute approximate surface area is 127 Å². The number of aryl methyl sites for hydroxylation is 1. The Morgan fingerprint density at radius 3 is 2.62 bits per heavy atom. The summed E-state index contributed by atoms with van der Waals surface area (Å²) in [7, 11) is 0. The summed E-state index contributed by atoms with van der Waals surface area (Å²) in [6.07, 6.45) is 2.45. The van der Waals surface area contributed by atoms with Crippen molar-refractivity contribution in [1.82, 2.24) is 4.90 Å². The molecule has 1 aromatic carbocycles. The zero-order valence-corrected chi connectivity index (χ0v) is 13.2. The molecule has 0 radical (unpaired) electrons. The summed E-state index contributed by atoms with van der Waals surface area (Å²) in [5.74, 6) is 0.208. The molecule has 1 saturated heterocycles. The summed E-state index contributed by atoms with van der Waals surface area (Å²) in [6.45, 7) is 7.61. The average Bonchev–Trinajstić information content (AvgIpc) is 2.47. The molecule has 21 heavy (non-hydrogen) atoms. The molecule has 2 rings (SSSR count). The van der Waals surface area contributed by atoms with Crippen LogP contribution in [0.1, 0.15) is 31.7 Å². The van der Waals surface area contributed by atoms with E-state index in [1.165, 1.54) is 11.3 Å². The summed E-state index contributed by atoms with van der Waals surface area (Å²) in [5, 5.41) is 0. The van der Waals surface area contributed by atoms with Crippen molar-refractivity contribution < 1.29 is 4.79 Å². The van der Waals surface area contributed by atoms with E-state index in [1.807, 2.05) is 4.90 Å². The number of carbonyl (C=O) groups excluding carboxylic acids is 1. The van der Waals surface area contributed by atoms with Gasteiger partial charge in [0.1, 0.15) is 0 Å². The summed E-state index contributed by atoms with van der Waals surface area (Å²) >= 11 is 0. The van der Waals surface area contributed by atoms with Gasteiger partial charge in [-0.25, -0.2) is 0 Å². The van der Waals surface area contributed by atoms with Gasteiger partial charge in [0.05, 0.1) is 0 Å². The predicted molar refractivity (Wildman–Crippen MR) is 87.5 cm³/mol. The fourth-order valence-corrected chi connectivity index (χ4v) is 2.86. The fraction of sp³-hybridized carbons (Fsp3) is 0.588. The van der Waals surface area contributed by atoms with Gasteiger partial charge in [-0.3, -0.25) is 4.79 Å². The molecule has 0 bridgehead atoms. The lowest BCUT2D eigenvalue weighted by molar-refractivity contribution is -0.131. The van der Waals surface area contributed by atoms with Crippen molar-refractivity contribution in [1.29, 1.82) is 0 Å². The predicted octanol–water partition coefficient (Wildman–Crippen LogP) is 2.16. The van der Waals surface area contributed by atoms with Gasteiger partial charge < -0.3 is 15.5 Å². The van der Waals surface area contributed by atoms with Gasteiger partial charge in [-0.2, -0.15) is 0 Å². The van der Waals surface area contributed by atoms with E-state index in [0.29, 0.717) is 6.42 Å². The smallest absolute Gasteiger partial charge is 0.224 e. The number of hydrogen-bond donors (Lipinski definition) is 1. The van der Waals surface area contributed by atoms with E-state index in [-0.39, 0.29) is 11.9 Å². The van der Waals surface area contributed by atoms with Crippen LogP contribution in [-0.2, 0) is 4.79 Å². The van der Waals surface area contributed by atoms with Crippen LogP contribution in [0.4, 0.5) is 5.69 Å². The monoisotopic (exact) mass is 289 g/mol. The van der Waals surface area contributed by atoms with E-state index in [9.17, 15) is 4.79 Å². The van der Waals surface area contributed by atoms with E-state index in [1.54, 1.807) is 0 Å². The van der Waals surface area contributed by atoms with Crippen molar-refractivity contribution in [2.24, 2.45) is 5.73 Å². The van der Waals surface area contributed by atoms with Crippen LogP contribution >= 0.6 is 0 Å². The van der Waals surface area contributed by atoms with Gasteiger partial charge in [-0.1, -0.05) is 25.5 Å². The Bertz CT molecular complexity index is 467. The Balaban J connectivity index is 1.84. The highest BCUT2D eigenvalue weighted by Crippen LogP contribution is 2.18. The summed E-state index contributed by atoms with van der Waals surface area (Å²) in [5.41, 5.74) is 8.50. The van der Waals surface area contributed by atoms with Crippen molar-refractivity contribution in [3.63, 3.8) is 0 Å². The molecule has 1 aliphatic rings. The van der Waals surface area contributed by atoms with Crippen molar-refractivity contribution in [3.8, 4) is 0 Å². The van der Waals surface area contributed by atoms with Gasteiger partial charge in [0, 0.05) is 44.3 Å². The van der Waals surface area contributed by atoms with Crippen molar-refractivity contribution in [3.05, 3.63) is 29.8 Å². The second kappa shape index (κ2) is 7.46. The average molecular weight is 289 g/mol. The van der Waals surface area contributed by atoms with Gasteiger partial charge in [-0.05, 0) is 31.0 Å². The van der Waals surface area contributed by atoms with E-state index in [4.69, 9.17) is 5.73 Å². The lowest BCUT2D eigenvalue weighted by atomic mass is 10.1. The fourth-order valence-electron chi connectivity index (χ4n) is 2.86. The topological polar surface area (TPSA) is 49.6 Å². The van der Waals surface area contributed by atoms with Crippen LogP contribution in [-0.4, -0.2) is 43.0 Å². The molecule has 0 saturated carbocycles. The number of nitrogens with zero attached hydrogens (tertiary/aromatic N) is 2. The van der Waals surface area contributed by atoms with E-state index in [2.05, 4.69) is 43.0 Å². The molecule has 1 unspecified atom stereocenters. The molecular weight excluding hydrogens is 262 g/mol. The Morgan fingerprint density at radius 2 is 2.00 bits per heavy atom. The summed E-state index contributed by atoms with van der Waals surface area (Å²) in [4.78, 5) is 16.5. The Kier molecular flexibility index (Phi) is 5.62. The van der Waals surface area contributed by atoms with E-state index < -0.39 is 0 Å². The molecule has 116 valence electrons. The Morgan fingerprint density at radius 1 is 1.29 bits per heavy atom. The number of carbonyl (C=O) groups is 1. The van der Waals surface area contributed by atoms with Crippen LogP contribution in [0.2, 0.25) is 0 Å². The standard InChI is InChI=1S/C17H27N3O/c1-3-5-15(18)13-17(21)20-10-8-19(9-11-20)16-7-4-6-14(2)12-16/h4,6-7,12,15H,3,5,8-11,13,18H2,1-2H3. The lowest BCUT2D eigenvalue weighted by Gasteiger charge is -2.36. The number of rotatable bonds is 5. The van der Waals surface area contributed by atoms with Crippen LogP contribution < -0.4 is 10.6 Å². The number of benzene rings is 1. The summed E-state index contributed by atoms with van der Waals surface area (Å²) in [6, 6.07) is 8.55. The van der Waals surface area contributed by atoms with Crippen LogP contribution in [0, 0.1) is 6.92 Å². The minimum Gasteiger partial charge on any atom is -0.368 e. The second-order valence-corrected chi connectivity index (χ2v) is 5.96. The van der Waals surface area contributed by atoms with E-state index >= 15 is 0 Å². The van der Waals surface area contributed by atoms with Crippen molar-refractivity contribution >= 4 is 11.6 Å². The third-order valence-electron chi connectivity index (χ3n) is 4.10. The first-order chi connectivity index (χ1) is 10.1. The van der Waals surface area contributed by atoms with Crippen LogP contribution in [0.5, 0.6) is 0 Å². The second-order valence-electron chi connectivity index (χ2n) is 5.96. The number of hydrogen-bond acceptors (Lipinski definition) is 3. The zero-order valence-electron chi connectivity index (χ0n) is 13.2. The Hall–Kier alpha value is -1.55. The molecule has 1 aliphatic heterocycles. The zero-order chi connectivity index (χ0) is 15.2. The first-order valence-electron chi connectivity index (χ1n) is 7.95. The SMILES string of the molecule is CCCC(N)CC(=O)N1CCN(c2cccc(C)c2)CC1. The van der Waals surface area contributed by atoms with Gasteiger partial charge in [-0.15, -0.1) is 0 Å². The van der Waals surface area contributed by atoms with E-state index in [0.717, 1.165) is 39.0 Å². The number of anilines is 1. The minimum atomic E-state index is 0.0114. The molecular formula is C17H27N3O. The van der Waals surface area contributed by atoms with Crippen LogP contribution in [0.3, 0.4) is 0 Å². The molecule has 1 aromatic rings. The maximum atomic E-state index is 12.2. The van der Waals surface area contributed by atoms with Gasteiger partial charge >= 0.3 is 0 Å².